The molecule has 8 nitrogen and oxygen atoms in total. The summed E-state index contributed by atoms with van der Waals surface area (Å²) in [5.41, 5.74) is 2.52. The zero-order valence-corrected chi connectivity index (χ0v) is 26.5. The Bertz CT molecular complexity index is 1930. The Labute approximate surface area is 296 Å². The predicted molar refractivity (Wildman–Crippen MR) is 183 cm³/mol. The largest absolute Gasteiger partial charge is 0.508 e. The van der Waals surface area contributed by atoms with Crippen LogP contribution in [-0.4, -0.2) is 30.2 Å². The van der Waals surface area contributed by atoms with Crippen LogP contribution < -0.4 is 10.6 Å². The van der Waals surface area contributed by atoms with Gasteiger partial charge in [0.25, 0.3) is 11.8 Å². The maximum atomic E-state index is 14.2. The van der Waals surface area contributed by atoms with Crippen molar-refractivity contribution >= 4 is 52.5 Å². The van der Waals surface area contributed by atoms with Gasteiger partial charge in [0.1, 0.15) is 29.4 Å². The number of aliphatic hydroxyl groups is 1. The van der Waals surface area contributed by atoms with E-state index in [4.69, 9.17) is 27.9 Å². The number of halogens is 6. The summed E-state index contributed by atoms with van der Waals surface area (Å²) in [5.74, 6) is -3.20. The van der Waals surface area contributed by atoms with Gasteiger partial charge in [-0.05, 0) is 97.5 Å². The van der Waals surface area contributed by atoms with Gasteiger partial charge in [-0.3, -0.25) is 9.59 Å². The van der Waals surface area contributed by atoms with E-state index in [1.54, 1.807) is 0 Å². The second kappa shape index (κ2) is 16.8. The normalized spacial score (nSPS) is 15.2. The molecule has 266 valence electrons. The lowest BCUT2D eigenvalue weighted by molar-refractivity contribution is 0.0359. The topological polar surface area (TPSA) is 114 Å². The molecule has 0 fully saturated rings. The molecule has 14 heteroatoms. The van der Waals surface area contributed by atoms with Crippen LogP contribution in [-0.2, 0) is 22.3 Å². The highest BCUT2D eigenvalue weighted by Gasteiger charge is 2.33. The van der Waals surface area contributed by atoms with Gasteiger partial charge in [0.05, 0.1) is 23.3 Å². The summed E-state index contributed by atoms with van der Waals surface area (Å²) < 4.78 is 63.8. The zero-order valence-electron chi connectivity index (χ0n) is 25.0. The van der Waals surface area contributed by atoms with Crippen molar-refractivity contribution in [2.75, 3.05) is 17.7 Å². The number of rotatable bonds is 5. The molecule has 2 atom stereocenters. The number of aliphatic hydroxyl groups excluding tert-OH is 1. The van der Waals surface area contributed by atoms with E-state index in [2.05, 4.69) is 15.4 Å². The van der Waals surface area contributed by atoms with E-state index in [-0.39, 0.29) is 41.6 Å². The zero-order chi connectivity index (χ0) is 34.7. The Morgan fingerprint density at radius 3 is 1.62 bits per heavy atom. The molecule has 0 spiro atoms. The number of ether oxygens (including phenoxy) is 2. The molecule has 0 heterocycles. The summed E-state index contributed by atoms with van der Waals surface area (Å²) in [4.78, 5) is 36.2. The van der Waals surface area contributed by atoms with Crippen LogP contribution in [0, 0.1) is 23.3 Å². The highest BCUT2D eigenvalue weighted by atomic mass is 35.5. The SMILES string of the molecule is C.C.COC(=O)O[C@H]1CCc2c(C(=O)Nc3ccc(F)c(Cl)c3)ccc(F)c21.O=C(Nc1ccc(F)c(Cl)c1)c1ccc(F)c2c1CC[C@@H]2O. The number of hydrogen-bond donors (Lipinski definition) is 3. The van der Waals surface area contributed by atoms with Crippen molar-refractivity contribution in [3.05, 3.63) is 127 Å². The summed E-state index contributed by atoms with van der Waals surface area (Å²) in [6.45, 7) is 0. The number of carbonyl (C=O) groups excluding carboxylic acids is 3. The Kier molecular flexibility index (Phi) is 13.4. The van der Waals surface area contributed by atoms with Gasteiger partial charge in [0.2, 0.25) is 0 Å². The van der Waals surface area contributed by atoms with Crippen molar-refractivity contribution in [2.24, 2.45) is 0 Å². The molecule has 6 rings (SSSR count). The van der Waals surface area contributed by atoms with Gasteiger partial charge in [-0.1, -0.05) is 38.1 Å². The molecule has 2 aliphatic carbocycles. The molecule has 0 aliphatic heterocycles. The maximum absolute atomic E-state index is 14.2. The smallest absolute Gasteiger partial charge is 0.438 e. The molecule has 0 saturated heterocycles. The van der Waals surface area contributed by atoms with E-state index >= 15 is 0 Å². The third-order valence-electron chi connectivity index (χ3n) is 7.84. The molecule has 0 unspecified atom stereocenters. The van der Waals surface area contributed by atoms with Gasteiger partial charge in [0.15, 0.2) is 0 Å². The average molecular weight is 738 g/mol. The van der Waals surface area contributed by atoms with Crippen LogP contribution in [0.1, 0.15) is 82.9 Å². The Hall–Kier alpha value is -4.65. The first kappa shape index (κ1) is 39.8. The first-order valence-corrected chi connectivity index (χ1v) is 15.2. The van der Waals surface area contributed by atoms with Crippen molar-refractivity contribution in [1.82, 2.24) is 0 Å². The number of carbonyl (C=O) groups is 3. The maximum Gasteiger partial charge on any atom is 0.508 e. The van der Waals surface area contributed by atoms with Gasteiger partial charge in [-0.25, -0.2) is 22.4 Å². The molecule has 0 aromatic heterocycles. The molecular weight excluding hydrogens is 703 g/mol. The standard InChI is InChI=1S/C18H14ClF2NO4.C16H12ClF2NO2.2CH4/c1-25-18(24)26-15-7-4-10-11(3-6-14(21)16(10)15)17(23)22-9-2-5-13(20)12(19)8-9;17-11-7-8(1-4-12(11)18)20-16(22)10-2-5-13(19)15-9(10)3-6-14(15)21;;/h2-3,5-6,8,15H,4,7H2,1H3,(H,22,23);1-2,4-5,7,14,21H,3,6H2,(H,20,22);2*1H4/t15-;14-;;/m00../s1. The highest BCUT2D eigenvalue weighted by molar-refractivity contribution is 6.31. The third kappa shape index (κ3) is 8.55. The summed E-state index contributed by atoms with van der Waals surface area (Å²) >= 11 is 11.4. The average Bonchev–Trinajstić information content (AvgIpc) is 3.66. The molecule has 2 amide bonds. The minimum absolute atomic E-state index is 0. The van der Waals surface area contributed by atoms with Crippen molar-refractivity contribution in [2.45, 2.75) is 52.7 Å². The van der Waals surface area contributed by atoms with Crippen LogP contribution in [0.5, 0.6) is 0 Å². The molecule has 0 saturated carbocycles. The summed E-state index contributed by atoms with van der Waals surface area (Å²) in [6, 6.07) is 12.7. The first-order valence-electron chi connectivity index (χ1n) is 14.5. The fraction of sp³-hybridized carbons (Fsp3) is 0.250. The quantitative estimate of drug-likeness (QED) is 0.139. The summed E-state index contributed by atoms with van der Waals surface area (Å²) in [6.07, 6.45) is -1.10. The Balaban J connectivity index is 0.000000263. The third-order valence-corrected chi connectivity index (χ3v) is 8.42. The second-order valence-corrected chi connectivity index (χ2v) is 11.6. The van der Waals surface area contributed by atoms with E-state index in [1.807, 2.05) is 0 Å². The van der Waals surface area contributed by atoms with Crippen molar-refractivity contribution in [1.29, 1.82) is 0 Å². The molecule has 4 aromatic rings. The minimum atomic E-state index is -0.918. The van der Waals surface area contributed by atoms with Gasteiger partial charge in [-0.2, -0.15) is 0 Å². The lowest BCUT2D eigenvalue weighted by Crippen LogP contribution is -2.15. The van der Waals surface area contributed by atoms with Gasteiger partial charge >= 0.3 is 6.16 Å². The molecule has 50 heavy (non-hydrogen) atoms. The molecule has 4 aromatic carbocycles. The molecule has 0 bridgehead atoms. The number of amides is 2. The number of hydrogen-bond acceptors (Lipinski definition) is 6. The van der Waals surface area contributed by atoms with Gasteiger partial charge < -0.3 is 25.2 Å². The van der Waals surface area contributed by atoms with Crippen LogP contribution in [0.15, 0.2) is 60.7 Å². The van der Waals surface area contributed by atoms with E-state index < -0.39 is 53.4 Å². The lowest BCUT2D eigenvalue weighted by Gasteiger charge is -2.14. The minimum Gasteiger partial charge on any atom is -0.438 e. The summed E-state index contributed by atoms with van der Waals surface area (Å²) in [5, 5.41) is 14.8. The number of benzene rings is 4. The van der Waals surface area contributed by atoms with Crippen LogP contribution in [0.3, 0.4) is 0 Å². The molecule has 0 radical (unpaired) electrons. The number of fused-ring (bicyclic) bond motifs is 2. The van der Waals surface area contributed by atoms with Crippen LogP contribution in [0.4, 0.5) is 33.7 Å². The highest BCUT2D eigenvalue weighted by Crippen LogP contribution is 2.39. The number of methoxy groups -OCH3 is 1. The summed E-state index contributed by atoms with van der Waals surface area (Å²) in [7, 11) is 1.16. The van der Waals surface area contributed by atoms with E-state index in [0.717, 1.165) is 25.3 Å². The van der Waals surface area contributed by atoms with Crippen molar-refractivity contribution in [3.63, 3.8) is 0 Å². The number of anilines is 2. The lowest BCUT2D eigenvalue weighted by atomic mass is 10.0. The monoisotopic (exact) mass is 736 g/mol. The number of nitrogens with one attached hydrogen (secondary N) is 2. The Morgan fingerprint density at radius 1 is 0.700 bits per heavy atom. The van der Waals surface area contributed by atoms with E-state index in [0.29, 0.717) is 53.7 Å². The van der Waals surface area contributed by atoms with Crippen molar-refractivity contribution < 1.29 is 46.5 Å². The van der Waals surface area contributed by atoms with Gasteiger partial charge in [-0.15, -0.1) is 0 Å². The Morgan fingerprint density at radius 2 is 1.14 bits per heavy atom. The van der Waals surface area contributed by atoms with E-state index in [9.17, 15) is 37.1 Å². The second-order valence-electron chi connectivity index (χ2n) is 10.8. The van der Waals surface area contributed by atoms with Crippen LogP contribution in [0.2, 0.25) is 10.0 Å². The predicted octanol–water partition coefficient (Wildman–Crippen LogP) is 9.76. The molecule has 2 aliphatic rings. The van der Waals surface area contributed by atoms with Crippen LogP contribution in [0.25, 0.3) is 0 Å². The van der Waals surface area contributed by atoms with Gasteiger partial charge in [0, 0.05) is 33.6 Å². The van der Waals surface area contributed by atoms with E-state index in [1.165, 1.54) is 42.5 Å². The molecular formula is C36H34Cl2F4N2O6. The van der Waals surface area contributed by atoms with Crippen molar-refractivity contribution in [3.8, 4) is 0 Å². The fourth-order valence-corrected chi connectivity index (χ4v) is 5.98. The first-order chi connectivity index (χ1) is 22.9. The fourth-order valence-electron chi connectivity index (χ4n) is 5.62. The van der Waals surface area contributed by atoms with Crippen LogP contribution >= 0.6 is 23.2 Å². The molecule has 3 N–H and O–H groups in total.